The summed E-state index contributed by atoms with van der Waals surface area (Å²) in [5.41, 5.74) is 5.49. The molecule has 4 atom stereocenters. The number of unbranched alkanes of at least 4 members (excludes halogenated alkanes) is 1. The summed E-state index contributed by atoms with van der Waals surface area (Å²) in [6.45, 7) is 2.55. The fraction of sp³-hybridized carbons (Fsp3) is 0.737. The Morgan fingerprint density at radius 2 is 1.71 bits per heavy atom. The van der Waals surface area contributed by atoms with E-state index in [1.165, 1.54) is 6.92 Å². The van der Waals surface area contributed by atoms with E-state index in [1.54, 1.807) is 0 Å². The molecule has 1 aliphatic rings. The van der Waals surface area contributed by atoms with E-state index in [2.05, 4.69) is 21.3 Å². The molecule has 0 aromatic heterocycles. The first kappa shape index (κ1) is 26.3. The molecule has 31 heavy (non-hydrogen) atoms. The highest BCUT2D eigenvalue weighted by atomic mass is 16.4. The number of nitrogens with two attached hydrogens (primary N) is 1. The second-order valence-corrected chi connectivity index (χ2v) is 7.56. The Morgan fingerprint density at radius 3 is 2.26 bits per heavy atom. The molecule has 1 fully saturated rings. The first-order chi connectivity index (χ1) is 14.6. The fourth-order valence-electron chi connectivity index (χ4n) is 3.14. The number of carbonyl (C=O) groups excluding carboxylic acids is 3. The fourth-order valence-corrected chi connectivity index (χ4v) is 3.14. The minimum atomic E-state index is -1.39. The van der Waals surface area contributed by atoms with Gasteiger partial charge in [0.25, 0.3) is 0 Å². The number of hydrogen-bond donors (Lipinski definition) is 7. The summed E-state index contributed by atoms with van der Waals surface area (Å²) < 4.78 is 0. The number of rotatable bonds is 14. The van der Waals surface area contributed by atoms with Crippen molar-refractivity contribution in [2.45, 2.75) is 76.0 Å². The molecule has 1 rings (SSSR count). The molecular formula is C19H33N5O7. The number of hydrogen-bond acceptors (Lipinski definition) is 7. The highest BCUT2D eigenvalue weighted by Gasteiger charge is 2.29. The van der Waals surface area contributed by atoms with Crippen LogP contribution < -0.4 is 27.0 Å². The second-order valence-electron chi connectivity index (χ2n) is 7.56. The first-order valence-electron chi connectivity index (χ1n) is 10.4. The third-order valence-electron chi connectivity index (χ3n) is 4.97. The zero-order valence-corrected chi connectivity index (χ0v) is 17.7. The second kappa shape index (κ2) is 13.5. The zero-order valence-electron chi connectivity index (χ0n) is 17.7. The summed E-state index contributed by atoms with van der Waals surface area (Å²) in [7, 11) is 0. The van der Waals surface area contributed by atoms with Crippen LogP contribution in [0.4, 0.5) is 0 Å². The van der Waals surface area contributed by atoms with Crippen LogP contribution in [0.2, 0.25) is 0 Å². The lowest BCUT2D eigenvalue weighted by atomic mass is 10.1. The van der Waals surface area contributed by atoms with Gasteiger partial charge in [0, 0.05) is 6.42 Å². The van der Waals surface area contributed by atoms with Crippen molar-refractivity contribution in [3.05, 3.63) is 0 Å². The highest BCUT2D eigenvalue weighted by Crippen LogP contribution is 2.08. The van der Waals surface area contributed by atoms with Crippen LogP contribution in [0, 0.1) is 0 Å². The van der Waals surface area contributed by atoms with Crippen LogP contribution in [0.5, 0.6) is 0 Å². The number of carbonyl (C=O) groups is 5. The molecule has 1 saturated heterocycles. The molecule has 0 saturated carbocycles. The average molecular weight is 444 g/mol. The number of carboxylic acids is 2. The molecule has 12 nitrogen and oxygen atoms in total. The third-order valence-corrected chi connectivity index (χ3v) is 4.97. The van der Waals surface area contributed by atoms with Gasteiger partial charge >= 0.3 is 11.9 Å². The molecule has 8 N–H and O–H groups in total. The van der Waals surface area contributed by atoms with E-state index in [9.17, 15) is 24.0 Å². The van der Waals surface area contributed by atoms with Crippen molar-refractivity contribution in [1.29, 1.82) is 0 Å². The minimum absolute atomic E-state index is 0.288. The van der Waals surface area contributed by atoms with E-state index in [4.69, 9.17) is 15.9 Å². The van der Waals surface area contributed by atoms with E-state index in [1.807, 2.05) is 0 Å². The molecule has 12 heteroatoms. The van der Waals surface area contributed by atoms with Gasteiger partial charge in [0.2, 0.25) is 17.7 Å². The van der Waals surface area contributed by atoms with Gasteiger partial charge < -0.3 is 37.2 Å². The van der Waals surface area contributed by atoms with Gasteiger partial charge in [-0.2, -0.15) is 0 Å². The maximum absolute atomic E-state index is 12.7. The predicted octanol–water partition coefficient (Wildman–Crippen LogP) is -1.71. The van der Waals surface area contributed by atoms with Crippen molar-refractivity contribution in [2.24, 2.45) is 5.73 Å². The molecule has 1 heterocycles. The topological polar surface area (TPSA) is 200 Å². The smallest absolute Gasteiger partial charge is 0.326 e. The Kier molecular flexibility index (Phi) is 11.5. The van der Waals surface area contributed by atoms with Crippen LogP contribution in [-0.4, -0.2) is 77.1 Å². The van der Waals surface area contributed by atoms with E-state index >= 15 is 0 Å². The summed E-state index contributed by atoms with van der Waals surface area (Å²) >= 11 is 0. The van der Waals surface area contributed by atoms with E-state index in [0.717, 1.165) is 13.0 Å². The van der Waals surface area contributed by atoms with Crippen LogP contribution in [0.25, 0.3) is 0 Å². The molecule has 0 aromatic carbocycles. The van der Waals surface area contributed by atoms with Crippen LogP contribution in [0.1, 0.15) is 51.9 Å². The molecular weight excluding hydrogens is 410 g/mol. The maximum atomic E-state index is 12.7. The van der Waals surface area contributed by atoms with Gasteiger partial charge in [-0.25, -0.2) is 4.79 Å². The summed E-state index contributed by atoms with van der Waals surface area (Å²) in [4.78, 5) is 59.3. The van der Waals surface area contributed by atoms with E-state index in [0.29, 0.717) is 32.2 Å². The van der Waals surface area contributed by atoms with Gasteiger partial charge in [-0.1, -0.05) is 0 Å². The van der Waals surface area contributed by atoms with E-state index in [-0.39, 0.29) is 18.4 Å². The molecule has 0 aliphatic carbocycles. The number of aliphatic carboxylic acids is 2. The molecule has 4 unspecified atom stereocenters. The van der Waals surface area contributed by atoms with Gasteiger partial charge in [-0.15, -0.1) is 0 Å². The van der Waals surface area contributed by atoms with Crippen LogP contribution >= 0.6 is 0 Å². The van der Waals surface area contributed by atoms with Gasteiger partial charge in [0.15, 0.2) is 0 Å². The molecule has 3 amide bonds. The normalized spacial score (nSPS) is 18.5. The van der Waals surface area contributed by atoms with E-state index < -0.39 is 48.3 Å². The number of nitrogens with one attached hydrogen (secondary N) is 4. The Hall–Kier alpha value is -2.73. The Bertz CT molecular complexity index is 652. The Labute approximate surface area is 180 Å². The molecule has 0 spiro atoms. The lowest BCUT2D eigenvalue weighted by molar-refractivity contribution is -0.143. The predicted molar refractivity (Wildman–Crippen MR) is 110 cm³/mol. The highest BCUT2D eigenvalue weighted by molar-refractivity contribution is 5.94. The molecule has 0 bridgehead atoms. The van der Waals surface area contributed by atoms with Crippen molar-refractivity contribution in [3.63, 3.8) is 0 Å². The van der Waals surface area contributed by atoms with Crippen molar-refractivity contribution in [2.75, 3.05) is 13.1 Å². The number of amides is 3. The third kappa shape index (κ3) is 9.75. The minimum Gasteiger partial charge on any atom is -0.481 e. The summed E-state index contributed by atoms with van der Waals surface area (Å²) in [5, 5.41) is 28.3. The van der Waals surface area contributed by atoms with Gasteiger partial charge in [-0.05, 0) is 58.5 Å². The Morgan fingerprint density at radius 1 is 1.00 bits per heavy atom. The Balaban J connectivity index is 2.68. The monoisotopic (exact) mass is 443 g/mol. The van der Waals surface area contributed by atoms with Crippen molar-refractivity contribution < 1.29 is 34.2 Å². The lowest BCUT2D eigenvalue weighted by Crippen LogP contribution is -2.56. The largest absolute Gasteiger partial charge is 0.481 e. The molecule has 0 aromatic rings. The summed E-state index contributed by atoms with van der Waals surface area (Å²) in [6.07, 6.45) is 2.43. The van der Waals surface area contributed by atoms with Crippen molar-refractivity contribution in [3.8, 4) is 0 Å². The van der Waals surface area contributed by atoms with Gasteiger partial charge in [0.1, 0.15) is 18.1 Å². The molecule has 0 radical (unpaired) electrons. The summed E-state index contributed by atoms with van der Waals surface area (Å²) in [5.74, 6) is -4.18. The van der Waals surface area contributed by atoms with Crippen LogP contribution in [-0.2, 0) is 24.0 Å². The SMILES string of the molecule is CC(NC(=O)C(CCCCN)NC(=O)C1CCCN1)C(=O)NC(CCC(=O)O)C(=O)O. The number of carboxylic acid groups (broad SMARTS) is 2. The van der Waals surface area contributed by atoms with Crippen LogP contribution in [0.15, 0.2) is 0 Å². The van der Waals surface area contributed by atoms with Crippen molar-refractivity contribution >= 4 is 29.7 Å². The summed E-state index contributed by atoms with van der Waals surface area (Å²) in [6, 6.07) is -3.70. The van der Waals surface area contributed by atoms with Crippen LogP contribution in [0.3, 0.4) is 0 Å². The average Bonchev–Trinajstić information content (AvgIpc) is 3.24. The first-order valence-corrected chi connectivity index (χ1v) is 10.4. The van der Waals surface area contributed by atoms with Crippen molar-refractivity contribution in [1.82, 2.24) is 21.3 Å². The lowest BCUT2D eigenvalue weighted by Gasteiger charge is -2.23. The molecule has 1 aliphatic heterocycles. The standard InChI is InChI=1S/C19H33N5O7/c1-11(16(27)24-14(19(30)31)7-8-15(25)26)22-18(29)13(5-2-3-9-20)23-17(28)12-6-4-10-21-12/h11-14,21H,2-10,20H2,1H3,(H,22,29)(H,23,28)(H,24,27)(H,25,26)(H,30,31). The van der Waals surface area contributed by atoms with Gasteiger partial charge in [-0.3, -0.25) is 19.2 Å². The zero-order chi connectivity index (χ0) is 23.4. The maximum Gasteiger partial charge on any atom is 0.326 e. The molecule has 176 valence electrons. The van der Waals surface area contributed by atoms with Gasteiger partial charge in [0.05, 0.1) is 6.04 Å². The quantitative estimate of drug-likeness (QED) is 0.153.